The zero-order chi connectivity index (χ0) is 17.5. The monoisotopic (exact) mass is 348 g/mol. The highest BCUT2D eigenvalue weighted by atomic mass is 31.1. The number of benzene rings is 2. The summed E-state index contributed by atoms with van der Waals surface area (Å²) in [5, 5.41) is 2.53. The van der Waals surface area contributed by atoms with E-state index in [4.69, 9.17) is 15.6 Å². The van der Waals surface area contributed by atoms with Crippen molar-refractivity contribution in [3.8, 4) is 12.3 Å². The number of hydrogen-bond acceptors (Lipinski definition) is 2. The fraction of sp³-hybridized carbons (Fsp3) is 0.182. The van der Waals surface area contributed by atoms with Crippen molar-refractivity contribution >= 4 is 24.0 Å². The van der Waals surface area contributed by atoms with E-state index in [2.05, 4.69) is 67.4 Å². The number of ether oxygens (including phenoxy) is 1. The van der Waals surface area contributed by atoms with Crippen LogP contribution in [0.5, 0.6) is 0 Å². The quantitative estimate of drug-likeness (QED) is 0.473. The van der Waals surface area contributed by atoms with Gasteiger partial charge in [-0.3, -0.25) is 0 Å². The van der Waals surface area contributed by atoms with Gasteiger partial charge in [-0.2, -0.15) is 0 Å². The van der Waals surface area contributed by atoms with Gasteiger partial charge in [-0.05, 0) is 29.2 Å². The lowest BCUT2D eigenvalue weighted by molar-refractivity contribution is 0.0589. The Bertz CT molecular complexity index is 778. The first-order valence-electron chi connectivity index (χ1n) is 8.38. The molecule has 0 saturated carbocycles. The summed E-state index contributed by atoms with van der Waals surface area (Å²) in [7, 11) is -0.730. The van der Waals surface area contributed by atoms with Crippen LogP contribution in [0.1, 0.15) is 25.2 Å². The highest BCUT2D eigenvalue weighted by Crippen LogP contribution is 2.34. The Balaban J connectivity index is 1.97. The van der Waals surface area contributed by atoms with Crippen LogP contribution >= 0.6 is 7.92 Å². The summed E-state index contributed by atoms with van der Waals surface area (Å²) in [5.74, 6) is 3.36. The normalized spacial score (nSPS) is 12.0. The highest BCUT2D eigenvalue weighted by Gasteiger charge is 2.22. The molecule has 1 aromatic heterocycles. The predicted octanol–water partition coefficient (Wildman–Crippen LogP) is 4.14. The molecule has 0 spiro atoms. The van der Waals surface area contributed by atoms with Crippen molar-refractivity contribution in [3.05, 3.63) is 78.6 Å². The smallest absolute Gasteiger partial charge is 0.134 e. The molecule has 0 aliphatic rings. The van der Waals surface area contributed by atoms with Crippen LogP contribution in [-0.2, 0) is 4.74 Å². The molecule has 2 aromatic carbocycles. The van der Waals surface area contributed by atoms with Crippen LogP contribution in [0, 0.1) is 12.3 Å². The largest absolute Gasteiger partial charge is 0.458 e. The standard InChI is InChI=1S/C22H21O2P/c1-3-17-23-20(4-2)21-15-16-22(24-21)25(18-11-7-5-8-12-18)19-13-9-6-10-14-19/h1,5-16,20H,4,17H2,2H3. The van der Waals surface area contributed by atoms with E-state index in [1.807, 2.05) is 18.2 Å². The average molecular weight is 348 g/mol. The molecule has 0 bridgehead atoms. The average Bonchev–Trinajstić information content (AvgIpc) is 3.14. The fourth-order valence-corrected chi connectivity index (χ4v) is 4.91. The molecule has 1 heterocycles. The molecule has 1 atom stereocenters. The van der Waals surface area contributed by atoms with Gasteiger partial charge in [-0.25, -0.2) is 0 Å². The summed E-state index contributed by atoms with van der Waals surface area (Å²) >= 11 is 0. The molecule has 3 aromatic rings. The molecule has 126 valence electrons. The highest BCUT2D eigenvalue weighted by molar-refractivity contribution is 7.79. The number of terminal acetylenes is 1. The summed E-state index contributed by atoms with van der Waals surface area (Å²) in [6, 6.07) is 25.1. The van der Waals surface area contributed by atoms with Crippen LogP contribution in [0.15, 0.2) is 77.2 Å². The van der Waals surface area contributed by atoms with Gasteiger partial charge in [0.1, 0.15) is 24.0 Å². The molecule has 25 heavy (non-hydrogen) atoms. The van der Waals surface area contributed by atoms with Crippen molar-refractivity contribution in [1.29, 1.82) is 0 Å². The summed E-state index contributed by atoms with van der Waals surface area (Å²) in [5.41, 5.74) is 0.977. The van der Waals surface area contributed by atoms with Crippen LogP contribution in [-0.4, -0.2) is 6.61 Å². The van der Waals surface area contributed by atoms with Gasteiger partial charge in [0.15, 0.2) is 0 Å². The Morgan fingerprint density at radius 2 is 1.56 bits per heavy atom. The Hall–Kier alpha value is -2.33. The Labute approximate surface area is 150 Å². The van der Waals surface area contributed by atoms with Gasteiger partial charge in [0.2, 0.25) is 0 Å². The molecule has 0 radical (unpaired) electrons. The lowest BCUT2D eigenvalue weighted by atomic mass is 10.2. The van der Waals surface area contributed by atoms with Crippen LogP contribution in [0.4, 0.5) is 0 Å². The first-order valence-corrected chi connectivity index (χ1v) is 9.72. The van der Waals surface area contributed by atoms with E-state index in [0.29, 0.717) is 6.61 Å². The molecule has 0 amide bonds. The van der Waals surface area contributed by atoms with Crippen LogP contribution in [0.2, 0.25) is 0 Å². The predicted molar refractivity (Wildman–Crippen MR) is 105 cm³/mol. The first kappa shape index (κ1) is 17.5. The molecule has 3 rings (SSSR count). The second kappa shape index (κ2) is 8.67. The zero-order valence-electron chi connectivity index (χ0n) is 14.3. The third-order valence-corrected chi connectivity index (χ3v) is 6.23. The van der Waals surface area contributed by atoms with E-state index < -0.39 is 7.92 Å². The number of hydrogen-bond donors (Lipinski definition) is 0. The molecule has 0 saturated heterocycles. The third kappa shape index (κ3) is 4.20. The Morgan fingerprint density at radius 3 is 2.08 bits per heavy atom. The third-order valence-electron chi connectivity index (χ3n) is 3.92. The number of furan rings is 1. The topological polar surface area (TPSA) is 22.4 Å². The fourth-order valence-electron chi connectivity index (χ4n) is 2.74. The SMILES string of the molecule is C#CCOC(CC)c1ccc(P(c2ccccc2)c2ccccc2)o1. The Morgan fingerprint density at radius 1 is 0.960 bits per heavy atom. The minimum absolute atomic E-state index is 0.104. The lowest BCUT2D eigenvalue weighted by Crippen LogP contribution is -2.19. The first-order chi connectivity index (χ1) is 12.3. The van der Waals surface area contributed by atoms with Gasteiger partial charge < -0.3 is 9.15 Å². The molecule has 2 nitrogen and oxygen atoms in total. The minimum atomic E-state index is -0.730. The molecule has 0 aliphatic heterocycles. The van der Waals surface area contributed by atoms with E-state index in [1.54, 1.807) is 0 Å². The van der Waals surface area contributed by atoms with Crippen molar-refractivity contribution in [2.45, 2.75) is 19.4 Å². The minimum Gasteiger partial charge on any atom is -0.458 e. The number of rotatable bonds is 7. The van der Waals surface area contributed by atoms with Crippen molar-refractivity contribution in [2.24, 2.45) is 0 Å². The van der Waals surface area contributed by atoms with E-state index in [0.717, 1.165) is 17.7 Å². The van der Waals surface area contributed by atoms with Gasteiger partial charge in [0.05, 0.1) is 0 Å². The maximum absolute atomic E-state index is 6.24. The molecule has 0 N–H and O–H groups in total. The van der Waals surface area contributed by atoms with Crippen molar-refractivity contribution in [3.63, 3.8) is 0 Å². The molecular weight excluding hydrogens is 327 g/mol. The van der Waals surface area contributed by atoms with E-state index in [9.17, 15) is 0 Å². The second-order valence-electron chi connectivity index (χ2n) is 5.59. The summed E-state index contributed by atoms with van der Waals surface area (Å²) in [4.78, 5) is 0. The van der Waals surface area contributed by atoms with Crippen molar-refractivity contribution < 1.29 is 9.15 Å². The summed E-state index contributed by atoms with van der Waals surface area (Å²) in [6.45, 7) is 2.36. The second-order valence-corrected chi connectivity index (χ2v) is 7.74. The lowest BCUT2D eigenvalue weighted by Gasteiger charge is -2.17. The van der Waals surface area contributed by atoms with Crippen LogP contribution < -0.4 is 16.1 Å². The van der Waals surface area contributed by atoms with Crippen molar-refractivity contribution in [2.75, 3.05) is 6.61 Å². The van der Waals surface area contributed by atoms with Gasteiger partial charge in [0.25, 0.3) is 0 Å². The maximum Gasteiger partial charge on any atom is 0.134 e. The molecule has 0 aliphatic carbocycles. The van der Waals surface area contributed by atoms with E-state index in [-0.39, 0.29) is 6.10 Å². The van der Waals surface area contributed by atoms with Gasteiger partial charge in [0, 0.05) is 7.92 Å². The van der Waals surface area contributed by atoms with Crippen LogP contribution in [0.3, 0.4) is 0 Å². The summed E-state index contributed by atoms with van der Waals surface area (Å²) < 4.78 is 11.9. The van der Waals surface area contributed by atoms with Gasteiger partial charge in [-0.15, -0.1) is 6.42 Å². The van der Waals surface area contributed by atoms with E-state index >= 15 is 0 Å². The Kier molecular flexibility index (Phi) is 6.07. The molecule has 3 heteroatoms. The molecule has 1 unspecified atom stereocenters. The van der Waals surface area contributed by atoms with Crippen LogP contribution in [0.25, 0.3) is 0 Å². The molecular formula is C22H21O2P. The van der Waals surface area contributed by atoms with Gasteiger partial charge in [-0.1, -0.05) is 73.5 Å². The van der Waals surface area contributed by atoms with E-state index in [1.165, 1.54) is 10.6 Å². The molecule has 0 fully saturated rings. The van der Waals surface area contributed by atoms with Gasteiger partial charge >= 0.3 is 0 Å². The van der Waals surface area contributed by atoms with Crippen molar-refractivity contribution in [1.82, 2.24) is 0 Å². The maximum atomic E-state index is 6.24. The summed E-state index contributed by atoms with van der Waals surface area (Å²) in [6.07, 6.45) is 6.03. The zero-order valence-corrected chi connectivity index (χ0v) is 15.2.